The Morgan fingerprint density at radius 1 is 1.13 bits per heavy atom. The van der Waals surface area contributed by atoms with Crippen LogP contribution in [0.3, 0.4) is 0 Å². The molecule has 5 aliphatic rings. The first-order chi connectivity index (χ1) is 11.3. The fourth-order valence-corrected chi connectivity index (χ4v) is 6.06. The Bertz CT molecular complexity index is 527. The van der Waals surface area contributed by atoms with Gasteiger partial charge in [0.2, 0.25) is 0 Å². The molecule has 5 rings (SSSR count). The SMILES string of the molecule is S=C(NC1CC1)N1CCCC2=C[C@@H]3C[C@H](CN4CCCC[C@H]34)[C@@H]21. The Labute approximate surface area is 145 Å². The summed E-state index contributed by atoms with van der Waals surface area (Å²) in [6, 6.07) is 2.12. The van der Waals surface area contributed by atoms with Crippen LogP contribution in [0.4, 0.5) is 0 Å². The largest absolute Gasteiger partial charge is 0.360 e. The quantitative estimate of drug-likeness (QED) is 0.588. The van der Waals surface area contributed by atoms with Gasteiger partial charge in [0, 0.05) is 25.2 Å². The summed E-state index contributed by atoms with van der Waals surface area (Å²) in [5.74, 6) is 1.62. The van der Waals surface area contributed by atoms with Crippen LogP contribution < -0.4 is 5.32 Å². The lowest BCUT2D eigenvalue weighted by Crippen LogP contribution is -2.61. The van der Waals surface area contributed by atoms with Crippen molar-refractivity contribution in [3.8, 4) is 0 Å². The van der Waals surface area contributed by atoms with Crippen LogP contribution >= 0.6 is 12.2 Å². The van der Waals surface area contributed by atoms with Crippen molar-refractivity contribution in [2.45, 2.75) is 69.5 Å². The predicted molar refractivity (Wildman–Crippen MR) is 97.4 cm³/mol. The zero-order valence-electron chi connectivity index (χ0n) is 14.0. The highest BCUT2D eigenvalue weighted by Crippen LogP contribution is 2.45. The minimum absolute atomic E-state index is 0.599. The number of nitrogens with one attached hydrogen (secondary N) is 1. The van der Waals surface area contributed by atoms with Gasteiger partial charge >= 0.3 is 0 Å². The fourth-order valence-electron chi connectivity index (χ4n) is 5.69. The molecule has 0 aromatic heterocycles. The van der Waals surface area contributed by atoms with Gasteiger partial charge in [-0.2, -0.15) is 0 Å². The Hall–Kier alpha value is -0.610. The van der Waals surface area contributed by atoms with Crippen LogP contribution in [0.5, 0.6) is 0 Å². The van der Waals surface area contributed by atoms with Crippen LogP contribution in [0.25, 0.3) is 0 Å². The van der Waals surface area contributed by atoms with Gasteiger partial charge in [-0.25, -0.2) is 0 Å². The summed E-state index contributed by atoms with van der Waals surface area (Å²) in [5.41, 5.74) is 1.72. The maximum atomic E-state index is 5.80. The second kappa shape index (κ2) is 5.73. The van der Waals surface area contributed by atoms with Crippen LogP contribution in [-0.4, -0.2) is 52.7 Å². The molecule has 0 radical (unpaired) electrons. The van der Waals surface area contributed by atoms with E-state index in [9.17, 15) is 0 Å². The van der Waals surface area contributed by atoms with E-state index in [1.807, 2.05) is 0 Å². The number of hydrogen-bond donors (Lipinski definition) is 1. The molecule has 3 aliphatic heterocycles. The maximum absolute atomic E-state index is 5.80. The van der Waals surface area contributed by atoms with Crippen molar-refractivity contribution in [2.24, 2.45) is 11.8 Å². The number of fused-ring (bicyclic) bond motifs is 6. The summed E-state index contributed by atoms with van der Waals surface area (Å²) in [5, 5.41) is 4.65. The molecule has 1 N–H and O–H groups in total. The van der Waals surface area contributed by atoms with E-state index in [4.69, 9.17) is 12.2 Å². The van der Waals surface area contributed by atoms with Crippen LogP contribution in [0.1, 0.15) is 51.4 Å². The average Bonchev–Trinajstić information content (AvgIpc) is 3.38. The zero-order chi connectivity index (χ0) is 15.4. The molecule has 0 spiro atoms. The molecule has 2 bridgehead atoms. The number of nitrogens with zero attached hydrogens (tertiary/aromatic N) is 2. The van der Waals surface area contributed by atoms with E-state index in [2.05, 4.69) is 21.2 Å². The molecule has 3 nitrogen and oxygen atoms in total. The number of thiocarbonyl (C=S) groups is 1. The van der Waals surface area contributed by atoms with Gasteiger partial charge in [0.15, 0.2) is 5.11 Å². The van der Waals surface area contributed by atoms with E-state index < -0.39 is 0 Å². The molecule has 126 valence electrons. The van der Waals surface area contributed by atoms with Crippen LogP contribution in [-0.2, 0) is 0 Å². The first-order valence-electron chi connectivity index (χ1n) is 9.81. The molecule has 3 saturated heterocycles. The monoisotopic (exact) mass is 331 g/mol. The Balaban J connectivity index is 1.41. The number of likely N-dealkylation sites (tertiary alicyclic amines) is 1. The summed E-state index contributed by atoms with van der Waals surface area (Å²) in [6.45, 7) is 3.80. The normalized spacial score (nSPS) is 40.0. The highest BCUT2D eigenvalue weighted by molar-refractivity contribution is 7.80. The summed E-state index contributed by atoms with van der Waals surface area (Å²) < 4.78 is 0. The van der Waals surface area contributed by atoms with Crippen molar-refractivity contribution in [3.63, 3.8) is 0 Å². The Morgan fingerprint density at radius 2 is 2.04 bits per heavy atom. The first-order valence-corrected chi connectivity index (χ1v) is 10.2. The van der Waals surface area contributed by atoms with Gasteiger partial charge in [0.1, 0.15) is 0 Å². The molecular formula is C19H29N3S. The molecule has 4 heteroatoms. The standard InChI is InChI=1S/C19H29N3S/c23-19(20-16-6-7-16)22-9-3-4-13-10-14-11-15(18(13)22)12-21-8-2-1-5-17(14)21/h10,14-18H,1-9,11-12H2,(H,20,23)/t14-,15-,17-,18-/m1/s1. The minimum Gasteiger partial charge on any atom is -0.360 e. The van der Waals surface area contributed by atoms with Gasteiger partial charge in [0.25, 0.3) is 0 Å². The second-order valence-electron chi connectivity index (χ2n) is 8.42. The van der Waals surface area contributed by atoms with Crippen molar-refractivity contribution >= 4 is 17.3 Å². The smallest absolute Gasteiger partial charge is 0.169 e. The summed E-state index contributed by atoms with van der Waals surface area (Å²) in [7, 11) is 0. The number of piperidine rings is 3. The Morgan fingerprint density at radius 3 is 2.91 bits per heavy atom. The molecule has 0 amide bonds. The predicted octanol–water partition coefficient (Wildman–Crippen LogP) is 2.92. The van der Waals surface area contributed by atoms with E-state index in [1.54, 1.807) is 5.57 Å². The topological polar surface area (TPSA) is 18.5 Å². The van der Waals surface area contributed by atoms with E-state index >= 15 is 0 Å². The van der Waals surface area contributed by atoms with Crippen LogP contribution in [0.15, 0.2) is 11.6 Å². The van der Waals surface area contributed by atoms with E-state index in [-0.39, 0.29) is 0 Å². The Kier molecular flexibility index (Phi) is 3.67. The summed E-state index contributed by atoms with van der Waals surface area (Å²) >= 11 is 5.80. The fraction of sp³-hybridized carbons (Fsp3) is 0.842. The molecule has 0 unspecified atom stereocenters. The van der Waals surface area contributed by atoms with Crippen molar-refractivity contribution in [1.82, 2.24) is 15.1 Å². The molecule has 0 aromatic carbocycles. The molecular weight excluding hydrogens is 302 g/mol. The molecule has 1 saturated carbocycles. The van der Waals surface area contributed by atoms with Crippen molar-refractivity contribution in [2.75, 3.05) is 19.6 Å². The van der Waals surface area contributed by atoms with Gasteiger partial charge in [0.05, 0.1) is 6.04 Å². The lowest BCUT2D eigenvalue weighted by atomic mass is 9.68. The molecule has 4 atom stereocenters. The summed E-state index contributed by atoms with van der Waals surface area (Å²) in [6.07, 6.45) is 13.6. The third kappa shape index (κ3) is 2.62. The summed E-state index contributed by atoms with van der Waals surface area (Å²) in [4.78, 5) is 5.38. The lowest BCUT2D eigenvalue weighted by molar-refractivity contribution is 0.0127. The maximum Gasteiger partial charge on any atom is 0.169 e. The van der Waals surface area contributed by atoms with Crippen molar-refractivity contribution in [1.29, 1.82) is 0 Å². The average molecular weight is 332 g/mol. The molecule has 2 aliphatic carbocycles. The molecule has 3 heterocycles. The van der Waals surface area contributed by atoms with Gasteiger partial charge in [-0.3, -0.25) is 4.90 Å². The molecule has 4 fully saturated rings. The van der Waals surface area contributed by atoms with Gasteiger partial charge in [-0.1, -0.05) is 18.1 Å². The van der Waals surface area contributed by atoms with E-state index in [0.717, 1.165) is 29.5 Å². The zero-order valence-corrected chi connectivity index (χ0v) is 14.9. The molecule has 0 aromatic rings. The highest BCUT2D eigenvalue weighted by atomic mass is 32.1. The highest BCUT2D eigenvalue weighted by Gasteiger charge is 2.46. The minimum atomic E-state index is 0.599. The van der Waals surface area contributed by atoms with Crippen LogP contribution in [0, 0.1) is 11.8 Å². The van der Waals surface area contributed by atoms with Crippen molar-refractivity contribution < 1.29 is 0 Å². The van der Waals surface area contributed by atoms with E-state index in [0.29, 0.717) is 12.1 Å². The molecule has 23 heavy (non-hydrogen) atoms. The lowest BCUT2D eigenvalue weighted by Gasteiger charge is -2.55. The number of hydrogen-bond acceptors (Lipinski definition) is 2. The third-order valence-electron chi connectivity index (χ3n) is 6.82. The van der Waals surface area contributed by atoms with E-state index in [1.165, 1.54) is 64.5 Å². The number of rotatable bonds is 1. The van der Waals surface area contributed by atoms with Crippen LogP contribution in [0.2, 0.25) is 0 Å². The van der Waals surface area contributed by atoms with Gasteiger partial charge in [-0.15, -0.1) is 0 Å². The first kappa shape index (κ1) is 14.7. The van der Waals surface area contributed by atoms with Gasteiger partial charge in [-0.05, 0) is 75.5 Å². The third-order valence-corrected chi connectivity index (χ3v) is 7.18. The van der Waals surface area contributed by atoms with Crippen molar-refractivity contribution in [3.05, 3.63) is 11.6 Å². The second-order valence-corrected chi connectivity index (χ2v) is 8.81. The van der Waals surface area contributed by atoms with Gasteiger partial charge < -0.3 is 10.2 Å².